The average Bonchev–Trinajstić information content (AvgIpc) is 3.23. The van der Waals surface area contributed by atoms with Crippen LogP contribution < -0.4 is 5.32 Å². The molecule has 2 aromatic rings. The maximum atomic E-state index is 11.2. The Hall–Kier alpha value is -2.55. The Balaban J connectivity index is 1.63. The van der Waals surface area contributed by atoms with E-state index in [9.17, 15) is 9.90 Å². The maximum absolute atomic E-state index is 11.2. The van der Waals surface area contributed by atoms with Crippen molar-refractivity contribution in [2.75, 3.05) is 25.0 Å². The first kappa shape index (κ1) is 17.3. The van der Waals surface area contributed by atoms with Gasteiger partial charge in [-0.2, -0.15) is 15.4 Å². The predicted molar refractivity (Wildman–Crippen MR) is 91.0 cm³/mol. The summed E-state index contributed by atoms with van der Waals surface area (Å²) in [6.45, 7) is 5.09. The molecule has 1 aliphatic rings. The second-order valence-electron chi connectivity index (χ2n) is 6.40. The topological polar surface area (TPSA) is 120 Å². The van der Waals surface area contributed by atoms with Crippen molar-refractivity contribution in [1.29, 1.82) is 0 Å². The highest BCUT2D eigenvalue weighted by Gasteiger charge is 2.36. The summed E-state index contributed by atoms with van der Waals surface area (Å²) in [5.41, 5.74) is 1.83. The van der Waals surface area contributed by atoms with Gasteiger partial charge < -0.3 is 10.4 Å². The van der Waals surface area contributed by atoms with Gasteiger partial charge >= 0.3 is 5.97 Å². The van der Waals surface area contributed by atoms with Crippen LogP contribution in [0.1, 0.15) is 36.9 Å². The summed E-state index contributed by atoms with van der Waals surface area (Å²) in [6, 6.07) is 0. The SMILES string of the molecule is CCCNc1ncc(CN2C[C@@H](CC(=O)O)[C@@H](c3cn[nH]n3)C2)cn1. The van der Waals surface area contributed by atoms with Crippen molar-refractivity contribution in [1.82, 2.24) is 30.3 Å². The number of H-pyrrole nitrogens is 1. The van der Waals surface area contributed by atoms with Crippen molar-refractivity contribution in [3.63, 3.8) is 0 Å². The van der Waals surface area contributed by atoms with Gasteiger partial charge in [-0.25, -0.2) is 9.97 Å². The van der Waals surface area contributed by atoms with Crippen molar-refractivity contribution < 1.29 is 9.90 Å². The number of nitrogens with zero attached hydrogens (tertiary/aromatic N) is 5. The normalized spacial score (nSPS) is 20.7. The molecule has 134 valence electrons. The Kier molecular flexibility index (Phi) is 5.54. The zero-order chi connectivity index (χ0) is 17.6. The van der Waals surface area contributed by atoms with Crippen molar-refractivity contribution in [3.8, 4) is 0 Å². The van der Waals surface area contributed by atoms with Crippen LogP contribution >= 0.6 is 0 Å². The zero-order valence-corrected chi connectivity index (χ0v) is 14.2. The second-order valence-corrected chi connectivity index (χ2v) is 6.40. The fourth-order valence-electron chi connectivity index (χ4n) is 3.27. The van der Waals surface area contributed by atoms with Crippen LogP contribution in [-0.4, -0.2) is 61.0 Å². The molecule has 0 amide bonds. The van der Waals surface area contributed by atoms with E-state index in [0.717, 1.165) is 30.8 Å². The first-order valence-electron chi connectivity index (χ1n) is 8.50. The minimum absolute atomic E-state index is 0.0222. The number of anilines is 1. The third kappa shape index (κ3) is 4.50. The number of carboxylic acids is 1. The Bertz CT molecular complexity index is 674. The van der Waals surface area contributed by atoms with E-state index < -0.39 is 5.97 Å². The molecule has 1 aliphatic heterocycles. The molecule has 3 heterocycles. The smallest absolute Gasteiger partial charge is 0.303 e. The maximum Gasteiger partial charge on any atom is 0.303 e. The number of carbonyl (C=O) groups is 1. The van der Waals surface area contributed by atoms with Gasteiger partial charge in [-0.3, -0.25) is 9.69 Å². The summed E-state index contributed by atoms with van der Waals surface area (Å²) in [7, 11) is 0. The molecule has 0 unspecified atom stereocenters. The van der Waals surface area contributed by atoms with E-state index in [-0.39, 0.29) is 18.3 Å². The fraction of sp³-hybridized carbons (Fsp3) is 0.562. The fourth-order valence-corrected chi connectivity index (χ4v) is 3.27. The first-order chi connectivity index (χ1) is 12.2. The van der Waals surface area contributed by atoms with E-state index >= 15 is 0 Å². The lowest BCUT2D eigenvalue weighted by Crippen LogP contribution is -2.21. The quantitative estimate of drug-likeness (QED) is 0.651. The summed E-state index contributed by atoms with van der Waals surface area (Å²) < 4.78 is 0. The van der Waals surface area contributed by atoms with Crippen LogP contribution in [0.5, 0.6) is 0 Å². The summed E-state index contributed by atoms with van der Waals surface area (Å²) in [5, 5.41) is 22.9. The van der Waals surface area contributed by atoms with Crippen LogP contribution in [0, 0.1) is 5.92 Å². The molecule has 1 fully saturated rings. The highest BCUT2D eigenvalue weighted by Crippen LogP contribution is 2.34. The monoisotopic (exact) mass is 345 g/mol. The lowest BCUT2D eigenvalue weighted by atomic mass is 9.91. The largest absolute Gasteiger partial charge is 0.481 e. The molecule has 0 spiro atoms. The molecule has 2 atom stereocenters. The van der Waals surface area contributed by atoms with Crippen LogP contribution in [0.2, 0.25) is 0 Å². The van der Waals surface area contributed by atoms with Gasteiger partial charge in [0.05, 0.1) is 18.3 Å². The van der Waals surface area contributed by atoms with Crippen LogP contribution in [0.25, 0.3) is 0 Å². The lowest BCUT2D eigenvalue weighted by Gasteiger charge is -2.15. The highest BCUT2D eigenvalue weighted by molar-refractivity contribution is 5.67. The molecule has 0 bridgehead atoms. The first-order valence-corrected chi connectivity index (χ1v) is 8.50. The molecule has 3 rings (SSSR count). The molecule has 0 saturated carbocycles. The number of hydrogen-bond acceptors (Lipinski definition) is 7. The van der Waals surface area contributed by atoms with Gasteiger partial charge in [-0.1, -0.05) is 6.92 Å². The van der Waals surface area contributed by atoms with Crippen molar-refractivity contribution in [3.05, 3.63) is 29.8 Å². The molecule has 0 aromatic carbocycles. The van der Waals surface area contributed by atoms with Gasteiger partial charge in [0, 0.05) is 50.1 Å². The number of aromatic amines is 1. The van der Waals surface area contributed by atoms with E-state index in [0.29, 0.717) is 19.0 Å². The third-order valence-electron chi connectivity index (χ3n) is 4.41. The Morgan fingerprint density at radius 3 is 2.80 bits per heavy atom. The van der Waals surface area contributed by atoms with Gasteiger partial charge in [0.2, 0.25) is 5.95 Å². The van der Waals surface area contributed by atoms with E-state index in [2.05, 4.69) is 42.5 Å². The summed E-state index contributed by atoms with van der Waals surface area (Å²) >= 11 is 0. The Morgan fingerprint density at radius 2 is 2.16 bits per heavy atom. The third-order valence-corrected chi connectivity index (χ3v) is 4.41. The second kappa shape index (κ2) is 8.02. The van der Waals surface area contributed by atoms with Gasteiger partial charge in [0.1, 0.15) is 0 Å². The minimum Gasteiger partial charge on any atom is -0.481 e. The number of hydrogen-bond donors (Lipinski definition) is 3. The van der Waals surface area contributed by atoms with Gasteiger partial charge in [-0.05, 0) is 12.3 Å². The molecule has 9 nitrogen and oxygen atoms in total. The Labute approximate surface area is 145 Å². The van der Waals surface area contributed by atoms with Gasteiger partial charge in [-0.15, -0.1) is 0 Å². The Morgan fingerprint density at radius 1 is 1.36 bits per heavy atom. The van der Waals surface area contributed by atoms with Crippen molar-refractivity contribution in [2.45, 2.75) is 32.2 Å². The number of likely N-dealkylation sites (tertiary alicyclic amines) is 1. The molecular weight excluding hydrogens is 322 g/mol. The number of carboxylic acid groups (broad SMARTS) is 1. The van der Waals surface area contributed by atoms with Crippen LogP contribution in [0.15, 0.2) is 18.6 Å². The standard InChI is InChI=1S/C16H23N7O2/c1-2-3-17-16-18-5-11(6-19-16)8-23-9-12(4-15(24)25)13(10-23)14-7-20-22-21-14/h5-7,12-13H,2-4,8-10H2,1H3,(H,24,25)(H,17,18,19)(H,20,21,22)/t12-,13+/m1/s1. The molecule has 0 radical (unpaired) electrons. The van der Waals surface area contributed by atoms with Gasteiger partial charge in [0.25, 0.3) is 0 Å². The zero-order valence-electron chi connectivity index (χ0n) is 14.2. The van der Waals surface area contributed by atoms with Crippen molar-refractivity contribution in [2.24, 2.45) is 5.92 Å². The minimum atomic E-state index is -0.782. The summed E-state index contributed by atoms with van der Waals surface area (Å²) in [5.74, 6) is -0.0541. The van der Waals surface area contributed by atoms with Crippen LogP contribution in [0.4, 0.5) is 5.95 Å². The molecule has 1 saturated heterocycles. The molecule has 3 N–H and O–H groups in total. The van der Waals surface area contributed by atoms with Crippen LogP contribution in [0.3, 0.4) is 0 Å². The van der Waals surface area contributed by atoms with E-state index in [1.54, 1.807) is 6.20 Å². The number of aliphatic carboxylic acids is 1. The predicted octanol–water partition coefficient (Wildman–Crippen LogP) is 1.11. The molecule has 2 aromatic heterocycles. The molecule has 9 heteroatoms. The number of rotatable bonds is 8. The molecule has 25 heavy (non-hydrogen) atoms. The molecule has 0 aliphatic carbocycles. The summed E-state index contributed by atoms with van der Waals surface area (Å²) in [6.07, 6.45) is 6.47. The molecular formula is C16H23N7O2. The van der Waals surface area contributed by atoms with E-state index in [1.807, 2.05) is 12.4 Å². The van der Waals surface area contributed by atoms with E-state index in [1.165, 1.54) is 0 Å². The summed E-state index contributed by atoms with van der Waals surface area (Å²) in [4.78, 5) is 22.0. The van der Waals surface area contributed by atoms with Crippen LogP contribution in [-0.2, 0) is 11.3 Å². The van der Waals surface area contributed by atoms with Gasteiger partial charge in [0.15, 0.2) is 0 Å². The number of nitrogens with one attached hydrogen (secondary N) is 2. The average molecular weight is 345 g/mol. The lowest BCUT2D eigenvalue weighted by molar-refractivity contribution is -0.138. The number of aromatic nitrogens is 5. The highest BCUT2D eigenvalue weighted by atomic mass is 16.4. The van der Waals surface area contributed by atoms with Crippen molar-refractivity contribution >= 4 is 11.9 Å². The van der Waals surface area contributed by atoms with E-state index in [4.69, 9.17) is 0 Å².